The van der Waals surface area contributed by atoms with Crippen molar-refractivity contribution >= 4 is 17.6 Å². The van der Waals surface area contributed by atoms with E-state index in [1.165, 1.54) is 10.5 Å². The van der Waals surface area contributed by atoms with Gasteiger partial charge < -0.3 is 9.64 Å². The fourth-order valence-electron chi connectivity index (χ4n) is 2.43. The van der Waals surface area contributed by atoms with Gasteiger partial charge in [0.1, 0.15) is 6.54 Å². The Bertz CT molecular complexity index is 612. The molecule has 0 aliphatic carbocycles. The Morgan fingerprint density at radius 1 is 1.48 bits per heavy atom. The summed E-state index contributed by atoms with van der Waals surface area (Å²) in [6, 6.07) is 3.49. The molecule has 0 saturated carbocycles. The summed E-state index contributed by atoms with van der Waals surface area (Å²) in [4.78, 5) is 31.7. The molecule has 110 valence electrons. The molecule has 0 unspecified atom stereocenters. The number of rotatable bonds is 2. The van der Waals surface area contributed by atoms with E-state index in [9.17, 15) is 9.59 Å². The zero-order chi connectivity index (χ0) is 14.8. The molecule has 3 heterocycles. The number of amides is 2. The largest absolute Gasteiger partial charge is 0.480 e. The lowest BCUT2D eigenvalue weighted by Crippen LogP contribution is -2.47. The van der Waals surface area contributed by atoms with Gasteiger partial charge in [-0.2, -0.15) is 0 Å². The predicted molar refractivity (Wildman–Crippen MR) is 77.0 cm³/mol. The van der Waals surface area contributed by atoms with Gasteiger partial charge >= 0.3 is 0 Å². The van der Waals surface area contributed by atoms with Crippen molar-refractivity contribution in [1.29, 1.82) is 0 Å². The molecule has 0 bridgehead atoms. The maximum absolute atomic E-state index is 12.4. The minimum absolute atomic E-state index is 0.0130. The van der Waals surface area contributed by atoms with Crippen molar-refractivity contribution in [2.24, 2.45) is 0 Å². The van der Waals surface area contributed by atoms with E-state index in [0.29, 0.717) is 24.7 Å². The quantitative estimate of drug-likeness (QED) is 0.761. The highest BCUT2D eigenvalue weighted by molar-refractivity contribution is 6.01. The van der Waals surface area contributed by atoms with Crippen molar-refractivity contribution in [2.45, 2.75) is 13.3 Å². The molecule has 2 aliphatic heterocycles. The van der Waals surface area contributed by atoms with Crippen LogP contribution in [0.4, 0.5) is 5.82 Å². The average Bonchev–Trinajstić information content (AvgIpc) is 2.51. The summed E-state index contributed by atoms with van der Waals surface area (Å²) in [5, 5.41) is 0. The van der Waals surface area contributed by atoms with Crippen LogP contribution in [0.1, 0.15) is 13.3 Å². The monoisotopic (exact) mass is 287 g/mol. The molecule has 0 aromatic carbocycles. The Hall–Kier alpha value is -2.37. The second kappa shape index (κ2) is 5.55. The van der Waals surface area contributed by atoms with Crippen LogP contribution in [0.3, 0.4) is 0 Å². The molecule has 0 saturated heterocycles. The Balaban J connectivity index is 1.75. The number of hydrogen-bond donors (Lipinski definition) is 0. The van der Waals surface area contributed by atoms with Crippen LogP contribution in [0.2, 0.25) is 0 Å². The van der Waals surface area contributed by atoms with E-state index in [-0.39, 0.29) is 25.0 Å². The van der Waals surface area contributed by atoms with Crippen molar-refractivity contribution in [3.8, 4) is 5.75 Å². The van der Waals surface area contributed by atoms with Gasteiger partial charge in [-0.3, -0.25) is 14.5 Å². The van der Waals surface area contributed by atoms with Gasteiger partial charge in [0.05, 0.1) is 0 Å². The molecule has 0 N–H and O–H groups in total. The topological polar surface area (TPSA) is 62.7 Å². The first-order chi connectivity index (χ1) is 10.1. The standard InChI is InChI=1S/C15H17N3O3/c1-11-4-7-17(8-5-11)13(19)9-18-14(20)10-21-12-3-2-6-16-15(12)18/h2-4,6H,5,7-10H2,1H3. The van der Waals surface area contributed by atoms with E-state index in [4.69, 9.17) is 4.74 Å². The average molecular weight is 287 g/mol. The van der Waals surface area contributed by atoms with Crippen molar-refractivity contribution in [3.63, 3.8) is 0 Å². The molecule has 6 nitrogen and oxygen atoms in total. The van der Waals surface area contributed by atoms with Crippen LogP contribution >= 0.6 is 0 Å². The number of carbonyl (C=O) groups excluding carboxylic acids is 2. The fourth-order valence-corrected chi connectivity index (χ4v) is 2.43. The molecular formula is C15H17N3O3. The van der Waals surface area contributed by atoms with Gasteiger partial charge in [-0.1, -0.05) is 11.6 Å². The van der Waals surface area contributed by atoms with Crippen molar-refractivity contribution < 1.29 is 14.3 Å². The number of hydrogen-bond acceptors (Lipinski definition) is 4. The molecule has 3 rings (SSSR count). The molecule has 2 amide bonds. The number of anilines is 1. The summed E-state index contributed by atoms with van der Waals surface area (Å²) in [5.74, 6) is 0.661. The molecular weight excluding hydrogens is 270 g/mol. The minimum atomic E-state index is -0.238. The number of pyridine rings is 1. The second-order valence-electron chi connectivity index (χ2n) is 5.23. The molecule has 0 fully saturated rings. The summed E-state index contributed by atoms with van der Waals surface area (Å²) in [6.45, 7) is 3.34. The first-order valence-corrected chi connectivity index (χ1v) is 6.97. The summed E-state index contributed by atoms with van der Waals surface area (Å²) >= 11 is 0. The molecule has 1 aromatic heterocycles. The van der Waals surface area contributed by atoms with Gasteiger partial charge in [0.15, 0.2) is 18.2 Å². The van der Waals surface area contributed by atoms with Crippen molar-refractivity contribution in [3.05, 3.63) is 30.0 Å². The van der Waals surface area contributed by atoms with Gasteiger partial charge in [0, 0.05) is 19.3 Å². The van der Waals surface area contributed by atoms with E-state index < -0.39 is 0 Å². The van der Waals surface area contributed by atoms with E-state index in [1.54, 1.807) is 23.2 Å². The van der Waals surface area contributed by atoms with Crippen molar-refractivity contribution in [1.82, 2.24) is 9.88 Å². The molecule has 0 spiro atoms. The summed E-state index contributed by atoms with van der Waals surface area (Å²) in [7, 11) is 0. The highest BCUT2D eigenvalue weighted by atomic mass is 16.5. The maximum atomic E-state index is 12.4. The number of carbonyl (C=O) groups is 2. The van der Waals surface area contributed by atoms with E-state index in [1.807, 2.05) is 0 Å². The molecule has 2 aliphatic rings. The van der Waals surface area contributed by atoms with E-state index >= 15 is 0 Å². The lowest BCUT2D eigenvalue weighted by Gasteiger charge is -2.31. The number of aromatic nitrogens is 1. The summed E-state index contributed by atoms with van der Waals surface area (Å²) in [5.41, 5.74) is 1.30. The van der Waals surface area contributed by atoms with Gasteiger partial charge in [-0.25, -0.2) is 4.98 Å². The zero-order valence-electron chi connectivity index (χ0n) is 11.9. The summed E-state index contributed by atoms with van der Waals surface area (Å²) in [6.07, 6.45) is 4.53. The highest BCUT2D eigenvalue weighted by Crippen LogP contribution is 2.28. The second-order valence-corrected chi connectivity index (χ2v) is 5.23. The molecule has 1 aromatic rings. The van der Waals surface area contributed by atoms with Gasteiger partial charge in [0.25, 0.3) is 5.91 Å². The van der Waals surface area contributed by atoms with Crippen molar-refractivity contribution in [2.75, 3.05) is 31.1 Å². The maximum Gasteiger partial charge on any atom is 0.266 e. The normalized spacial score (nSPS) is 18.0. The van der Waals surface area contributed by atoms with Crippen LogP contribution in [-0.4, -0.2) is 47.9 Å². The van der Waals surface area contributed by atoms with Gasteiger partial charge in [0.2, 0.25) is 5.91 Å². The minimum Gasteiger partial charge on any atom is -0.480 e. The van der Waals surface area contributed by atoms with Gasteiger partial charge in [-0.05, 0) is 25.5 Å². The SMILES string of the molecule is CC1=CCN(C(=O)CN2C(=O)COc3cccnc32)CC1. The first kappa shape index (κ1) is 13.6. The fraction of sp³-hybridized carbons (Fsp3) is 0.400. The lowest BCUT2D eigenvalue weighted by atomic mass is 10.1. The highest BCUT2D eigenvalue weighted by Gasteiger charge is 2.30. The Kier molecular flexibility index (Phi) is 3.60. The third kappa shape index (κ3) is 2.74. The third-order valence-corrected chi connectivity index (χ3v) is 3.74. The number of nitrogens with zero attached hydrogens (tertiary/aromatic N) is 3. The molecule has 21 heavy (non-hydrogen) atoms. The Labute approximate surface area is 123 Å². The Morgan fingerprint density at radius 3 is 3.10 bits per heavy atom. The molecule has 0 atom stereocenters. The molecule has 6 heteroatoms. The van der Waals surface area contributed by atoms with E-state index in [2.05, 4.69) is 18.0 Å². The van der Waals surface area contributed by atoms with Crippen LogP contribution in [0.15, 0.2) is 30.0 Å². The first-order valence-electron chi connectivity index (χ1n) is 6.97. The van der Waals surface area contributed by atoms with Gasteiger partial charge in [-0.15, -0.1) is 0 Å². The van der Waals surface area contributed by atoms with E-state index in [0.717, 1.165) is 6.42 Å². The number of ether oxygens (including phenoxy) is 1. The van der Waals surface area contributed by atoms with Crippen LogP contribution in [0, 0.1) is 0 Å². The molecule has 0 radical (unpaired) electrons. The smallest absolute Gasteiger partial charge is 0.266 e. The van der Waals surface area contributed by atoms with Crippen LogP contribution in [-0.2, 0) is 9.59 Å². The van der Waals surface area contributed by atoms with Crippen LogP contribution < -0.4 is 9.64 Å². The lowest BCUT2D eigenvalue weighted by molar-refractivity contribution is -0.131. The predicted octanol–water partition coefficient (Wildman–Crippen LogP) is 0.986. The van der Waals surface area contributed by atoms with Crippen LogP contribution in [0.5, 0.6) is 5.75 Å². The third-order valence-electron chi connectivity index (χ3n) is 3.74. The number of fused-ring (bicyclic) bond motifs is 1. The van der Waals surface area contributed by atoms with Crippen LogP contribution in [0.25, 0.3) is 0 Å². The Morgan fingerprint density at radius 2 is 2.33 bits per heavy atom. The zero-order valence-corrected chi connectivity index (χ0v) is 11.9. The summed E-state index contributed by atoms with van der Waals surface area (Å²) < 4.78 is 5.32.